The molecule has 126 valence electrons. The van der Waals surface area contributed by atoms with E-state index in [-0.39, 0.29) is 17.9 Å². The third kappa shape index (κ3) is 3.71. The second kappa shape index (κ2) is 7.12. The van der Waals surface area contributed by atoms with Crippen LogP contribution in [-0.2, 0) is 11.2 Å². The Kier molecular flexibility index (Phi) is 5.18. The Balaban J connectivity index is 2.21. The lowest BCUT2D eigenvalue weighted by Crippen LogP contribution is -2.42. The number of nitrogens with one attached hydrogen (secondary N) is 2. The predicted octanol–water partition coefficient (Wildman–Crippen LogP) is 2.26. The number of aromatic nitrogens is 1. The maximum Gasteiger partial charge on any atom is 0.326 e. The quantitative estimate of drug-likeness (QED) is 0.708. The van der Waals surface area contributed by atoms with E-state index in [4.69, 9.17) is 0 Å². The summed E-state index contributed by atoms with van der Waals surface area (Å²) in [6.45, 7) is 4.81. The number of ketones is 1. The van der Waals surface area contributed by atoms with Crippen molar-refractivity contribution in [1.29, 1.82) is 0 Å². The van der Waals surface area contributed by atoms with Gasteiger partial charge in [-0.15, -0.1) is 0 Å². The number of carboxylic acids is 1. The highest BCUT2D eigenvalue weighted by Gasteiger charge is 2.25. The van der Waals surface area contributed by atoms with Crippen LogP contribution in [0, 0.1) is 13.8 Å². The minimum atomic E-state index is -1.11. The number of amides is 1. The topological polar surface area (TPSA) is 99.3 Å². The van der Waals surface area contributed by atoms with E-state index in [0.29, 0.717) is 16.8 Å². The van der Waals surface area contributed by atoms with Crippen LogP contribution in [0.15, 0.2) is 30.3 Å². The molecule has 0 radical (unpaired) electrons. The molecule has 1 aromatic heterocycles. The number of carbonyl (C=O) groups is 3. The van der Waals surface area contributed by atoms with Crippen molar-refractivity contribution in [2.75, 3.05) is 0 Å². The summed E-state index contributed by atoms with van der Waals surface area (Å²) >= 11 is 0. The van der Waals surface area contributed by atoms with Gasteiger partial charge in [0.1, 0.15) is 11.7 Å². The average Bonchev–Trinajstić information content (AvgIpc) is 2.82. The summed E-state index contributed by atoms with van der Waals surface area (Å²) in [7, 11) is 0. The highest BCUT2D eigenvalue weighted by molar-refractivity contribution is 6.03. The van der Waals surface area contributed by atoms with Crippen molar-refractivity contribution in [2.24, 2.45) is 0 Å². The first-order valence-corrected chi connectivity index (χ1v) is 7.59. The molecule has 6 nitrogen and oxygen atoms in total. The van der Waals surface area contributed by atoms with Crippen LogP contribution in [-0.4, -0.2) is 33.8 Å². The van der Waals surface area contributed by atoms with Crippen LogP contribution in [0.25, 0.3) is 0 Å². The number of carbonyl (C=O) groups excluding carboxylic acids is 2. The molecule has 0 saturated carbocycles. The number of hydrogen-bond donors (Lipinski definition) is 3. The van der Waals surface area contributed by atoms with Gasteiger partial charge in [0.05, 0.1) is 0 Å². The van der Waals surface area contributed by atoms with Crippen molar-refractivity contribution in [3.05, 3.63) is 58.4 Å². The largest absolute Gasteiger partial charge is 0.480 e. The Morgan fingerprint density at radius 3 is 2.29 bits per heavy atom. The Morgan fingerprint density at radius 1 is 1.17 bits per heavy atom. The van der Waals surface area contributed by atoms with E-state index in [1.807, 2.05) is 18.2 Å². The van der Waals surface area contributed by atoms with Gasteiger partial charge in [-0.05, 0) is 31.9 Å². The van der Waals surface area contributed by atoms with Crippen molar-refractivity contribution in [2.45, 2.75) is 33.2 Å². The Labute approximate surface area is 139 Å². The summed E-state index contributed by atoms with van der Waals surface area (Å²) in [5, 5.41) is 11.9. The first-order valence-electron chi connectivity index (χ1n) is 7.59. The number of benzene rings is 1. The number of aryl methyl sites for hydroxylation is 1. The fourth-order valence-electron chi connectivity index (χ4n) is 2.79. The molecule has 0 unspecified atom stereocenters. The summed E-state index contributed by atoms with van der Waals surface area (Å²) in [5.74, 6) is -1.79. The Hall–Kier alpha value is -2.89. The first-order chi connectivity index (χ1) is 11.3. The molecule has 1 heterocycles. The third-order valence-electron chi connectivity index (χ3n) is 3.90. The molecule has 0 spiro atoms. The van der Waals surface area contributed by atoms with E-state index in [2.05, 4.69) is 10.3 Å². The summed E-state index contributed by atoms with van der Waals surface area (Å²) in [5.41, 5.74) is 2.63. The number of hydrogen-bond acceptors (Lipinski definition) is 3. The number of Topliss-reactive ketones (excluding diaryl/α,β-unsaturated/α-hetero) is 1. The van der Waals surface area contributed by atoms with Gasteiger partial charge in [0.25, 0.3) is 5.91 Å². The monoisotopic (exact) mass is 328 g/mol. The van der Waals surface area contributed by atoms with Gasteiger partial charge in [-0.2, -0.15) is 0 Å². The number of aliphatic carboxylic acids is 1. The zero-order valence-corrected chi connectivity index (χ0v) is 13.8. The van der Waals surface area contributed by atoms with Gasteiger partial charge < -0.3 is 15.4 Å². The van der Waals surface area contributed by atoms with Crippen LogP contribution in [0.1, 0.15) is 44.6 Å². The van der Waals surface area contributed by atoms with E-state index in [0.717, 1.165) is 5.56 Å². The maximum atomic E-state index is 12.4. The molecule has 6 heteroatoms. The fourth-order valence-corrected chi connectivity index (χ4v) is 2.79. The molecule has 1 amide bonds. The van der Waals surface area contributed by atoms with Crippen LogP contribution < -0.4 is 5.32 Å². The minimum Gasteiger partial charge on any atom is -0.480 e. The second-order valence-electron chi connectivity index (χ2n) is 5.74. The molecule has 0 aliphatic heterocycles. The Bertz CT molecular complexity index is 778. The van der Waals surface area contributed by atoms with Crippen LogP contribution in [0.5, 0.6) is 0 Å². The van der Waals surface area contributed by atoms with Crippen LogP contribution in [0.2, 0.25) is 0 Å². The lowest BCUT2D eigenvalue weighted by atomic mass is 10.0. The number of aromatic amines is 1. The van der Waals surface area contributed by atoms with E-state index >= 15 is 0 Å². The average molecular weight is 328 g/mol. The minimum absolute atomic E-state index is 0.139. The molecule has 0 aliphatic rings. The van der Waals surface area contributed by atoms with E-state index in [9.17, 15) is 19.5 Å². The molecular formula is C18H20N2O4. The van der Waals surface area contributed by atoms with Crippen LogP contribution >= 0.6 is 0 Å². The third-order valence-corrected chi connectivity index (χ3v) is 3.90. The van der Waals surface area contributed by atoms with Crippen molar-refractivity contribution < 1.29 is 19.5 Å². The SMILES string of the molecule is CC(=O)c1c(C)[nH]c(C(=O)N[C@H](Cc2ccccc2)C(=O)O)c1C. The summed E-state index contributed by atoms with van der Waals surface area (Å²) in [6, 6.07) is 8.02. The van der Waals surface area contributed by atoms with E-state index < -0.39 is 17.9 Å². The van der Waals surface area contributed by atoms with Gasteiger partial charge in [-0.25, -0.2) is 4.79 Å². The molecule has 2 rings (SSSR count). The molecule has 24 heavy (non-hydrogen) atoms. The lowest BCUT2D eigenvalue weighted by molar-refractivity contribution is -0.139. The van der Waals surface area contributed by atoms with Crippen molar-refractivity contribution in [3.63, 3.8) is 0 Å². The molecule has 3 N–H and O–H groups in total. The van der Waals surface area contributed by atoms with Gasteiger partial charge in [-0.1, -0.05) is 30.3 Å². The normalized spacial score (nSPS) is 11.8. The molecule has 1 atom stereocenters. The number of H-pyrrole nitrogens is 1. The van der Waals surface area contributed by atoms with E-state index in [1.54, 1.807) is 26.0 Å². The second-order valence-corrected chi connectivity index (χ2v) is 5.74. The summed E-state index contributed by atoms with van der Waals surface area (Å²) in [4.78, 5) is 38.4. The summed E-state index contributed by atoms with van der Waals surface area (Å²) < 4.78 is 0. The van der Waals surface area contributed by atoms with Crippen LogP contribution in [0.3, 0.4) is 0 Å². The predicted molar refractivity (Wildman–Crippen MR) is 89.3 cm³/mol. The van der Waals surface area contributed by atoms with Crippen molar-refractivity contribution >= 4 is 17.7 Å². The zero-order chi connectivity index (χ0) is 17.9. The van der Waals surface area contributed by atoms with Gasteiger partial charge in [0.2, 0.25) is 0 Å². The fraction of sp³-hybridized carbons (Fsp3) is 0.278. The zero-order valence-electron chi connectivity index (χ0n) is 13.8. The first kappa shape index (κ1) is 17.5. The standard InChI is InChI=1S/C18H20N2O4/c1-10-15(12(3)21)11(2)19-16(10)17(22)20-14(18(23)24)9-13-7-5-4-6-8-13/h4-8,14,19H,9H2,1-3H3,(H,20,22)(H,23,24)/t14-/m1/s1. The van der Waals surface area contributed by atoms with Crippen LogP contribution in [0.4, 0.5) is 0 Å². The van der Waals surface area contributed by atoms with Crippen molar-refractivity contribution in [3.8, 4) is 0 Å². The molecule has 0 saturated heterocycles. The van der Waals surface area contributed by atoms with Crippen molar-refractivity contribution in [1.82, 2.24) is 10.3 Å². The smallest absolute Gasteiger partial charge is 0.326 e. The molecule has 0 aliphatic carbocycles. The van der Waals surface area contributed by atoms with Gasteiger partial charge in [0, 0.05) is 17.7 Å². The molecule has 0 bridgehead atoms. The number of carboxylic acid groups (broad SMARTS) is 1. The van der Waals surface area contributed by atoms with E-state index in [1.165, 1.54) is 6.92 Å². The maximum absolute atomic E-state index is 12.4. The summed E-state index contributed by atoms with van der Waals surface area (Å²) in [6.07, 6.45) is 0.181. The van der Waals surface area contributed by atoms with Gasteiger partial charge >= 0.3 is 5.97 Å². The molecular weight excluding hydrogens is 308 g/mol. The molecule has 0 fully saturated rings. The number of rotatable bonds is 6. The van der Waals surface area contributed by atoms with Gasteiger partial charge in [-0.3, -0.25) is 9.59 Å². The van der Waals surface area contributed by atoms with Gasteiger partial charge in [0.15, 0.2) is 5.78 Å². The highest BCUT2D eigenvalue weighted by atomic mass is 16.4. The molecule has 1 aromatic carbocycles. The Morgan fingerprint density at radius 2 is 1.79 bits per heavy atom. The highest BCUT2D eigenvalue weighted by Crippen LogP contribution is 2.18. The molecule has 2 aromatic rings. The lowest BCUT2D eigenvalue weighted by Gasteiger charge is -2.14.